The van der Waals surface area contributed by atoms with Crippen LogP contribution in [0.1, 0.15) is 46.1 Å². The molecule has 1 aromatic carbocycles. The smallest absolute Gasteiger partial charge is 0.341 e. The number of thiophene rings is 1. The van der Waals surface area contributed by atoms with Gasteiger partial charge in [-0.15, -0.1) is 11.3 Å². The molecule has 7 nitrogen and oxygen atoms in total. The van der Waals surface area contributed by atoms with Gasteiger partial charge in [0.05, 0.1) is 24.1 Å². The van der Waals surface area contributed by atoms with Crippen molar-refractivity contribution in [2.45, 2.75) is 39.0 Å². The third-order valence-corrected chi connectivity index (χ3v) is 7.05. The molecule has 166 valence electrons. The molecular weight excluding hydrogens is 416 g/mol. The lowest BCUT2D eigenvalue weighted by Gasteiger charge is -2.38. The van der Waals surface area contributed by atoms with Gasteiger partial charge >= 0.3 is 11.9 Å². The number of anilines is 1. The van der Waals surface area contributed by atoms with Crippen LogP contribution in [0.5, 0.6) is 0 Å². The lowest BCUT2D eigenvalue weighted by Crippen LogP contribution is -2.49. The molecule has 0 spiro atoms. The number of piperidine rings is 1. The number of nitrogens with zero attached hydrogens (tertiary/aromatic N) is 1. The summed E-state index contributed by atoms with van der Waals surface area (Å²) in [6.45, 7) is 6.90. The van der Waals surface area contributed by atoms with E-state index in [-0.39, 0.29) is 19.1 Å². The maximum Gasteiger partial charge on any atom is 0.341 e. The van der Waals surface area contributed by atoms with Gasteiger partial charge in [0.25, 0.3) is 0 Å². The first-order chi connectivity index (χ1) is 14.8. The number of carbonyl (C=O) groups is 3. The molecule has 1 amide bonds. The monoisotopic (exact) mass is 444 g/mol. The quantitative estimate of drug-likeness (QED) is 0.634. The molecule has 2 aromatic rings. The predicted molar refractivity (Wildman–Crippen MR) is 120 cm³/mol. The molecule has 3 rings (SSSR count). The molecular formula is C23H28N2O5S. The standard InChI is InChI=1S/C23H28N2O5S/c1-4-30-21(27)19-15(2)16(3)31-20(19)24-18(26)14-25-12-10-23(11-13-25,22(28)29)17-8-6-5-7-9-17/h5-9H,4,10-14H2,1-3H3,(H,24,26)(H,28,29). The van der Waals surface area contributed by atoms with E-state index < -0.39 is 17.4 Å². The van der Waals surface area contributed by atoms with Gasteiger partial charge in [0.1, 0.15) is 5.00 Å². The summed E-state index contributed by atoms with van der Waals surface area (Å²) in [5, 5.41) is 13.3. The van der Waals surface area contributed by atoms with E-state index >= 15 is 0 Å². The summed E-state index contributed by atoms with van der Waals surface area (Å²) in [7, 11) is 0. The number of likely N-dealkylation sites (tertiary alicyclic amines) is 1. The Morgan fingerprint density at radius 2 is 1.81 bits per heavy atom. The van der Waals surface area contributed by atoms with Crippen LogP contribution >= 0.6 is 11.3 Å². The van der Waals surface area contributed by atoms with Crippen molar-refractivity contribution in [3.8, 4) is 0 Å². The first-order valence-corrected chi connectivity index (χ1v) is 11.2. The van der Waals surface area contributed by atoms with E-state index in [4.69, 9.17) is 4.74 Å². The Morgan fingerprint density at radius 3 is 2.39 bits per heavy atom. The summed E-state index contributed by atoms with van der Waals surface area (Å²) >= 11 is 1.36. The highest BCUT2D eigenvalue weighted by Crippen LogP contribution is 2.36. The highest BCUT2D eigenvalue weighted by molar-refractivity contribution is 7.16. The van der Waals surface area contributed by atoms with Crippen LogP contribution in [0.25, 0.3) is 0 Å². The number of nitrogens with one attached hydrogen (secondary N) is 1. The van der Waals surface area contributed by atoms with Crippen LogP contribution in [0.2, 0.25) is 0 Å². The second-order valence-corrected chi connectivity index (χ2v) is 9.01. The molecule has 1 fully saturated rings. The van der Waals surface area contributed by atoms with Gasteiger partial charge in [0, 0.05) is 18.0 Å². The van der Waals surface area contributed by atoms with Gasteiger partial charge in [-0.1, -0.05) is 30.3 Å². The minimum atomic E-state index is -0.923. The molecule has 31 heavy (non-hydrogen) atoms. The van der Waals surface area contributed by atoms with E-state index in [9.17, 15) is 19.5 Å². The Bertz CT molecular complexity index is 962. The molecule has 1 saturated heterocycles. The number of esters is 1. The van der Waals surface area contributed by atoms with Gasteiger partial charge in [-0.3, -0.25) is 14.5 Å². The van der Waals surface area contributed by atoms with Crippen molar-refractivity contribution in [2.24, 2.45) is 0 Å². The van der Waals surface area contributed by atoms with E-state index in [1.54, 1.807) is 6.92 Å². The van der Waals surface area contributed by atoms with Crippen molar-refractivity contribution in [1.82, 2.24) is 4.90 Å². The fourth-order valence-corrected chi connectivity index (χ4v) is 5.07. The number of benzene rings is 1. The molecule has 1 aliphatic heterocycles. The summed E-state index contributed by atoms with van der Waals surface area (Å²) in [6.07, 6.45) is 0.871. The number of amides is 1. The zero-order valence-corrected chi connectivity index (χ0v) is 18.9. The molecule has 0 unspecified atom stereocenters. The number of carbonyl (C=O) groups excluding carboxylic acids is 2. The SMILES string of the molecule is CCOC(=O)c1c(NC(=O)CN2CCC(C(=O)O)(c3ccccc3)CC2)sc(C)c1C. The average molecular weight is 445 g/mol. The third kappa shape index (κ3) is 4.80. The van der Waals surface area contributed by atoms with Crippen LogP contribution in [0.4, 0.5) is 5.00 Å². The number of carboxylic acids is 1. The van der Waals surface area contributed by atoms with Crippen molar-refractivity contribution < 1.29 is 24.2 Å². The topological polar surface area (TPSA) is 95.9 Å². The average Bonchev–Trinajstić information content (AvgIpc) is 3.02. The van der Waals surface area contributed by atoms with Crippen LogP contribution in [0, 0.1) is 13.8 Å². The molecule has 2 N–H and O–H groups in total. The predicted octanol–water partition coefficient (Wildman–Crippen LogP) is 3.60. The number of aliphatic carboxylic acids is 1. The van der Waals surface area contributed by atoms with Crippen molar-refractivity contribution in [2.75, 3.05) is 31.6 Å². The first kappa shape index (κ1) is 23.0. The van der Waals surface area contributed by atoms with E-state index in [2.05, 4.69) is 5.32 Å². The normalized spacial score (nSPS) is 16.0. The van der Waals surface area contributed by atoms with Crippen molar-refractivity contribution in [1.29, 1.82) is 0 Å². The number of hydrogen-bond acceptors (Lipinski definition) is 6. The first-order valence-electron chi connectivity index (χ1n) is 10.4. The second-order valence-electron chi connectivity index (χ2n) is 7.79. The highest BCUT2D eigenvalue weighted by atomic mass is 32.1. The molecule has 0 radical (unpaired) electrons. The molecule has 0 atom stereocenters. The van der Waals surface area contributed by atoms with Crippen molar-refractivity contribution in [3.05, 3.63) is 51.9 Å². The highest BCUT2D eigenvalue weighted by Gasteiger charge is 2.43. The maximum absolute atomic E-state index is 12.7. The van der Waals surface area contributed by atoms with E-state index in [0.717, 1.165) is 16.0 Å². The fraction of sp³-hybridized carbons (Fsp3) is 0.435. The Hall–Kier alpha value is -2.71. The second kappa shape index (κ2) is 9.62. The number of aryl methyl sites for hydroxylation is 1. The zero-order chi connectivity index (χ0) is 22.6. The number of rotatable bonds is 7. The fourth-order valence-electron chi connectivity index (χ4n) is 4.01. The number of ether oxygens (including phenoxy) is 1. The van der Waals surface area contributed by atoms with Gasteiger partial charge in [0.15, 0.2) is 0 Å². The lowest BCUT2D eigenvalue weighted by atomic mass is 9.73. The number of hydrogen-bond donors (Lipinski definition) is 2. The molecule has 1 aromatic heterocycles. The Kier molecular flexibility index (Phi) is 7.12. The Labute approximate surface area is 186 Å². The van der Waals surface area contributed by atoms with Crippen LogP contribution < -0.4 is 5.32 Å². The molecule has 1 aliphatic rings. The van der Waals surface area contributed by atoms with Gasteiger partial charge in [0.2, 0.25) is 5.91 Å². The largest absolute Gasteiger partial charge is 0.481 e. The van der Waals surface area contributed by atoms with Gasteiger partial charge in [-0.05, 0) is 44.7 Å². The molecule has 0 saturated carbocycles. The zero-order valence-electron chi connectivity index (χ0n) is 18.1. The van der Waals surface area contributed by atoms with Crippen molar-refractivity contribution >= 4 is 34.2 Å². The minimum absolute atomic E-state index is 0.142. The Morgan fingerprint density at radius 1 is 1.16 bits per heavy atom. The molecule has 0 bridgehead atoms. The van der Waals surface area contributed by atoms with Gasteiger partial charge < -0.3 is 15.2 Å². The lowest BCUT2D eigenvalue weighted by molar-refractivity contribution is -0.146. The molecule has 0 aliphatic carbocycles. The third-order valence-electron chi connectivity index (χ3n) is 5.93. The summed E-state index contributed by atoms with van der Waals surface area (Å²) in [4.78, 5) is 40.0. The van der Waals surface area contributed by atoms with E-state index in [1.807, 2.05) is 49.1 Å². The van der Waals surface area contributed by atoms with Gasteiger partial charge in [-0.2, -0.15) is 0 Å². The van der Waals surface area contributed by atoms with Crippen LogP contribution in [-0.4, -0.2) is 54.1 Å². The summed E-state index contributed by atoms with van der Waals surface area (Å²) in [5.74, 6) is -1.49. The van der Waals surface area contributed by atoms with Crippen molar-refractivity contribution in [3.63, 3.8) is 0 Å². The van der Waals surface area contributed by atoms with E-state index in [1.165, 1.54) is 11.3 Å². The number of carboxylic acid groups (broad SMARTS) is 1. The summed E-state index contributed by atoms with van der Waals surface area (Å²) in [5.41, 5.74) is 1.10. The van der Waals surface area contributed by atoms with Crippen LogP contribution in [0.3, 0.4) is 0 Å². The van der Waals surface area contributed by atoms with E-state index in [0.29, 0.717) is 36.5 Å². The molecule has 2 heterocycles. The maximum atomic E-state index is 12.7. The Balaban J connectivity index is 1.65. The summed E-state index contributed by atoms with van der Waals surface area (Å²) in [6, 6.07) is 9.29. The molecule has 8 heteroatoms. The summed E-state index contributed by atoms with van der Waals surface area (Å²) < 4.78 is 5.13. The minimum Gasteiger partial charge on any atom is -0.481 e. The van der Waals surface area contributed by atoms with Gasteiger partial charge in [-0.25, -0.2) is 4.79 Å². The van der Waals surface area contributed by atoms with Crippen LogP contribution in [0.15, 0.2) is 30.3 Å². The van der Waals surface area contributed by atoms with Crippen LogP contribution in [-0.2, 0) is 19.7 Å².